The lowest BCUT2D eigenvalue weighted by molar-refractivity contribution is -0.149. The largest absolute Gasteiger partial charge is 0.656 e. The highest BCUT2D eigenvalue weighted by Gasteiger charge is 2.30. The number of esters is 1. The predicted molar refractivity (Wildman–Crippen MR) is 130 cm³/mol. The number of hydrogen-bond donors (Lipinski definition) is 0. The van der Waals surface area contributed by atoms with Crippen LogP contribution >= 0.6 is 11.6 Å². The number of carbonyl (C=O) groups is 1. The second-order valence-corrected chi connectivity index (χ2v) is 9.01. The number of nitrogens with zero attached hydrogens (tertiary/aromatic N) is 2. The minimum Gasteiger partial charge on any atom is -0.656 e. The molecule has 4 rings (SSSR count). The highest BCUT2D eigenvalue weighted by Crippen LogP contribution is 2.41. The van der Waals surface area contributed by atoms with E-state index in [1.54, 1.807) is 12.3 Å². The second kappa shape index (κ2) is 10.5. The minimum absolute atomic E-state index is 0.0660. The third-order valence-electron chi connectivity index (χ3n) is 6.72. The molecule has 168 valence electrons. The smallest absolute Gasteiger partial charge is 0.310 e. The molecule has 1 aromatic heterocycles. The van der Waals surface area contributed by atoms with E-state index in [0.29, 0.717) is 16.9 Å². The maximum atomic E-state index is 13.1. The van der Waals surface area contributed by atoms with Gasteiger partial charge in [-0.1, -0.05) is 93.1 Å². The van der Waals surface area contributed by atoms with Gasteiger partial charge >= 0.3 is 5.97 Å². The lowest BCUT2D eigenvalue weighted by Crippen LogP contribution is -2.35. The minimum atomic E-state index is -0.440. The molecule has 32 heavy (non-hydrogen) atoms. The quantitative estimate of drug-likeness (QED) is 0.368. The number of hydrogen-bond acceptors (Lipinski definition) is 3. The Morgan fingerprint density at radius 2 is 1.84 bits per heavy atom. The van der Waals surface area contributed by atoms with Crippen LogP contribution in [0.2, 0.25) is 5.02 Å². The van der Waals surface area contributed by atoms with Crippen molar-refractivity contribution in [3.05, 3.63) is 82.3 Å². The lowest BCUT2D eigenvalue weighted by Gasteiger charge is -2.49. The fraction of sp³-hybridized carbons (Fsp3) is 0.407. The summed E-state index contributed by atoms with van der Waals surface area (Å²) in [6, 6.07) is 17.3. The van der Waals surface area contributed by atoms with Crippen molar-refractivity contribution in [2.24, 2.45) is 11.8 Å². The van der Waals surface area contributed by atoms with Gasteiger partial charge in [0.2, 0.25) is 0 Å². The summed E-state index contributed by atoms with van der Waals surface area (Å²) in [5, 5.41) is 6.60. The summed E-state index contributed by atoms with van der Waals surface area (Å²) in [7, 11) is 0. The summed E-state index contributed by atoms with van der Waals surface area (Å²) >= 11 is 6.28. The molecule has 0 aliphatic carbocycles. The number of benzene rings is 2. The fourth-order valence-electron chi connectivity index (χ4n) is 4.87. The number of ether oxygens (including phenoxy) is 1. The third kappa shape index (κ3) is 4.97. The molecular formula is C27H30ClN2O2-. The Hall–Kier alpha value is -2.43. The van der Waals surface area contributed by atoms with E-state index in [1.807, 2.05) is 48.5 Å². The van der Waals surface area contributed by atoms with Crippen LogP contribution in [0.4, 0.5) is 0 Å². The van der Waals surface area contributed by atoms with Crippen LogP contribution in [0.1, 0.15) is 50.3 Å². The second-order valence-electron chi connectivity index (χ2n) is 8.60. The third-order valence-corrected chi connectivity index (χ3v) is 7.09. The van der Waals surface area contributed by atoms with Crippen molar-refractivity contribution in [3.8, 4) is 0 Å². The van der Waals surface area contributed by atoms with E-state index in [2.05, 4.69) is 18.8 Å². The van der Waals surface area contributed by atoms with E-state index in [0.717, 1.165) is 47.8 Å². The van der Waals surface area contributed by atoms with Crippen LogP contribution in [0.25, 0.3) is 16.2 Å². The van der Waals surface area contributed by atoms with Crippen molar-refractivity contribution >= 4 is 28.5 Å². The summed E-state index contributed by atoms with van der Waals surface area (Å²) < 4.78 is 6.19. The summed E-state index contributed by atoms with van der Waals surface area (Å²) in [6.45, 7) is 5.30. The van der Waals surface area contributed by atoms with Crippen LogP contribution in [0.15, 0.2) is 60.8 Å². The van der Waals surface area contributed by atoms with Gasteiger partial charge in [-0.25, -0.2) is 0 Å². The zero-order chi connectivity index (χ0) is 22.5. The predicted octanol–water partition coefficient (Wildman–Crippen LogP) is 6.91. The zero-order valence-electron chi connectivity index (χ0n) is 18.7. The number of fused-ring (bicyclic) bond motifs is 1. The molecule has 3 aromatic rings. The summed E-state index contributed by atoms with van der Waals surface area (Å²) in [5.41, 5.74) is 2.64. The van der Waals surface area contributed by atoms with Crippen LogP contribution in [0, 0.1) is 11.8 Å². The van der Waals surface area contributed by atoms with Crippen molar-refractivity contribution in [2.75, 3.05) is 6.54 Å². The molecular weight excluding hydrogens is 420 g/mol. The fourth-order valence-corrected chi connectivity index (χ4v) is 5.08. The molecule has 4 nitrogen and oxygen atoms in total. The normalized spacial score (nSPS) is 21.9. The monoisotopic (exact) mass is 449 g/mol. The van der Waals surface area contributed by atoms with Crippen LogP contribution < -0.4 is 0 Å². The molecule has 4 atom stereocenters. The van der Waals surface area contributed by atoms with Crippen molar-refractivity contribution < 1.29 is 9.53 Å². The van der Waals surface area contributed by atoms with Gasteiger partial charge in [-0.3, -0.25) is 9.78 Å². The molecule has 0 spiro atoms. The van der Waals surface area contributed by atoms with Gasteiger partial charge in [0, 0.05) is 22.2 Å². The van der Waals surface area contributed by atoms with Gasteiger partial charge in [-0.15, -0.1) is 6.54 Å². The number of rotatable bonds is 7. The molecule has 0 radical (unpaired) electrons. The van der Waals surface area contributed by atoms with Gasteiger partial charge in [0.15, 0.2) is 0 Å². The molecule has 0 saturated carbocycles. The van der Waals surface area contributed by atoms with Crippen molar-refractivity contribution in [2.45, 2.75) is 51.7 Å². The molecule has 2 aromatic carbocycles. The van der Waals surface area contributed by atoms with E-state index in [-0.39, 0.29) is 18.4 Å². The first-order valence-electron chi connectivity index (χ1n) is 11.5. The van der Waals surface area contributed by atoms with Crippen molar-refractivity contribution in [1.82, 2.24) is 4.98 Å². The van der Waals surface area contributed by atoms with Gasteiger partial charge in [-0.05, 0) is 29.7 Å². The average Bonchev–Trinajstić information content (AvgIpc) is 2.83. The Bertz CT molecular complexity index is 1060. The number of pyridine rings is 1. The Labute approximate surface area is 195 Å². The number of para-hydroxylation sites is 1. The topological polar surface area (TPSA) is 53.3 Å². The van der Waals surface area contributed by atoms with E-state index in [9.17, 15) is 4.79 Å². The van der Waals surface area contributed by atoms with Gasteiger partial charge in [-0.2, -0.15) is 0 Å². The molecule has 1 fully saturated rings. The Morgan fingerprint density at radius 3 is 2.62 bits per heavy atom. The van der Waals surface area contributed by atoms with E-state index in [1.165, 1.54) is 0 Å². The van der Waals surface area contributed by atoms with Crippen molar-refractivity contribution in [1.29, 1.82) is 0 Å². The molecule has 0 amide bonds. The molecule has 1 aliphatic rings. The zero-order valence-corrected chi connectivity index (χ0v) is 19.5. The Balaban J connectivity index is 1.65. The van der Waals surface area contributed by atoms with E-state index in [4.69, 9.17) is 21.7 Å². The first-order valence-corrected chi connectivity index (χ1v) is 11.9. The molecule has 1 saturated heterocycles. The average molecular weight is 450 g/mol. The summed E-state index contributed by atoms with van der Waals surface area (Å²) in [5.74, 6) is 0.898. The van der Waals surface area contributed by atoms with E-state index < -0.39 is 6.10 Å². The van der Waals surface area contributed by atoms with Gasteiger partial charge in [0.1, 0.15) is 6.10 Å². The van der Waals surface area contributed by atoms with Crippen LogP contribution in [0.5, 0.6) is 0 Å². The highest BCUT2D eigenvalue weighted by molar-refractivity contribution is 6.31. The molecule has 0 N–H and O–H groups in total. The number of piperidine rings is 1. The van der Waals surface area contributed by atoms with Gasteiger partial charge in [0.05, 0.1) is 11.9 Å². The number of aromatic nitrogens is 1. The number of carbonyl (C=O) groups excluding carboxylic acids is 1. The van der Waals surface area contributed by atoms with Crippen LogP contribution in [0.3, 0.4) is 0 Å². The van der Waals surface area contributed by atoms with Crippen LogP contribution in [-0.4, -0.2) is 23.5 Å². The summed E-state index contributed by atoms with van der Waals surface area (Å²) in [4.78, 5) is 17.6. The standard InChI is InChI=1S/C27H30ClN2O2/c1-3-18-15-25(30-17-19(18)4-2)27(22-13-14-29-24-12-8-6-10-21(22)24)32-26(31)16-20-9-5-7-11-23(20)28/h5-14,18-19,25,27H,3-4,15-17H2,1-2H3/q-1/t18-,19-,25+,27-/m0/s1. The first kappa shape index (κ1) is 22.8. The maximum Gasteiger partial charge on any atom is 0.310 e. The SMILES string of the molecule is CC[C@H]1C[N-][C@@H]([C@@H](OC(=O)Cc2ccccc2Cl)c2ccnc3ccccc23)C[C@@H]1CC. The Kier molecular flexibility index (Phi) is 7.44. The highest BCUT2D eigenvalue weighted by atomic mass is 35.5. The molecule has 5 heteroatoms. The number of halogens is 1. The Morgan fingerprint density at radius 1 is 1.09 bits per heavy atom. The maximum absolute atomic E-state index is 13.1. The first-order chi connectivity index (χ1) is 15.6. The molecule has 0 bridgehead atoms. The summed E-state index contributed by atoms with van der Waals surface area (Å²) in [6.07, 6.45) is 4.66. The van der Waals surface area contributed by atoms with E-state index >= 15 is 0 Å². The van der Waals surface area contributed by atoms with Crippen molar-refractivity contribution in [3.63, 3.8) is 0 Å². The van der Waals surface area contributed by atoms with Gasteiger partial charge in [0.25, 0.3) is 0 Å². The lowest BCUT2D eigenvalue weighted by atomic mass is 9.77. The molecule has 2 heterocycles. The van der Waals surface area contributed by atoms with Crippen LogP contribution in [-0.2, 0) is 16.0 Å². The molecule has 0 unspecified atom stereocenters. The molecule has 1 aliphatic heterocycles. The van der Waals surface area contributed by atoms with Gasteiger partial charge < -0.3 is 10.1 Å².